The van der Waals surface area contributed by atoms with E-state index in [4.69, 9.17) is 4.74 Å². The maximum absolute atomic E-state index is 12.9. The summed E-state index contributed by atoms with van der Waals surface area (Å²) >= 11 is 1.33. The van der Waals surface area contributed by atoms with Gasteiger partial charge in [-0.25, -0.2) is 4.79 Å². The Kier molecular flexibility index (Phi) is 7.42. The molecule has 1 heterocycles. The smallest absolute Gasteiger partial charge is 0.342 e. The van der Waals surface area contributed by atoms with E-state index in [0.29, 0.717) is 17.1 Å². The molecule has 1 unspecified atom stereocenters. The highest BCUT2D eigenvalue weighted by molar-refractivity contribution is 7.16. The van der Waals surface area contributed by atoms with Gasteiger partial charge in [-0.3, -0.25) is 9.59 Å². The Bertz CT molecular complexity index is 929. The highest BCUT2D eigenvalue weighted by Crippen LogP contribution is 2.34. The number of ether oxygens (including phenoxy) is 1. The standard InChI is InChI=1S/C23H30N2O4S/c1-14-16(3)30-19(24-22(28)23(4,5)6)18(14)21(27)29-15(2)20(26)25(7)13-17-11-9-8-10-12-17/h8-12,15H,13H2,1-7H3,(H,24,28). The minimum atomic E-state index is -0.947. The normalized spacial score (nSPS) is 12.2. The molecule has 1 N–H and O–H groups in total. The van der Waals surface area contributed by atoms with E-state index in [0.717, 1.165) is 16.0 Å². The van der Waals surface area contributed by atoms with Crippen molar-refractivity contribution in [1.29, 1.82) is 0 Å². The van der Waals surface area contributed by atoms with Crippen molar-refractivity contribution in [2.75, 3.05) is 12.4 Å². The Morgan fingerprint density at radius 3 is 2.30 bits per heavy atom. The average molecular weight is 431 g/mol. The number of esters is 1. The molecule has 1 aromatic carbocycles. The van der Waals surface area contributed by atoms with Crippen LogP contribution in [0.2, 0.25) is 0 Å². The molecule has 0 fully saturated rings. The van der Waals surface area contributed by atoms with Crippen LogP contribution in [0.1, 0.15) is 54.1 Å². The number of benzene rings is 1. The van der Waals surface area contributed by atoms with E-state index >= 15 is 0 Å². The number of carbonyl (C=O) groups is 3. The van der Waals surface area contributed by atoms with Crippen LogP contribution in [0.4, 0.5) is 5.00 Å². The van der Waals surface area contributed by atoms with Gasteiger partial charge in [0.1, 0.15) is 5.00 Å². The zero-order chi connectivity index (χ0) is 22.6. The highest BCUT2D eigenvalue weighted by Gasteiger charge is 2.29. The van der Waals surface area contributed by atoms with Crippen LogP contribution < -0.4 is 5.32 Å². The minimum absolute atomic E-state index is 0.190. The number of hydrogen-bond acceptors (Lipinski definition) is 5. The molecular formula is C23H30N2O4S. The predicted molar refractivity (Wildman–Crippen MR) is 120 cm³/mol. The number of rotatable bonds is 6. The zero-order valence-corrected chi connectivity index (χ0v) is 19.5. The first-order valence-corrected chi connectivity index (χ1v) is 10.6. The van der Waals surface area contributed by atoms with E-state index in [-0.39, 0.29) is 11.8 Å². The fourth-order valence-electron chi connectivity index (χ4n) is 2.77. The summed E-state index contributed by atoms with van der Waals surface area (Å²) in [5.41, 5.74) is 1.44. The molecule has 0 aliphatic carbocycles. The Balaban J connectivity index is 2.13. The van der Waals surface area contributed by atoms with Gasteiger partial charge in [0.25, 0.3) is 5.91 Å². The molecule has 0 aliphatic heterocycles. The van der Waals surface area contributed by atoms with Crippen LogP contribution in [0.5, 0.6) is 0 Å². The summed E-state index contributed by atoms with van der Waals surface area (Å²) in [5.74, 6) is -1.10. The van der Waals surface area contributed by atoms with Gasteiger partial charge >= 0.3 is 5.97 Å². The van der Waals surface area contributed by atoms with Crippen molar-refractivity contribution in [3.8, 4) is 0 Å². The molecule has 2 aromatic rings. The fourth-order valence-corrected chi connectivity index (χ4v) is 3.81. The lowest BCUT2D eigenvalue weighted by Gasteiger charge is -2.22. The van der Waals surface area contributed by atoms with Crippen molar-refractivity contribution >= 4 is 34.1 Å². The average Bonchev–Trinajstić information content (AvgIpc) is 2.94. The molecule has 2 rings (SSSR count). The van der Waals surface area contributed by atoms with Crippen LogP contribution in [0, 0.1) is 19.3 Å². The monoisotopic (exact) mass is 430 g/mol. The third-order valence-corrected chi connectivity index (χ3v) is 5.89. The molecule has 30 heavy (non-hydrogen) atoms. The van der Waals surface area contributed by atoms with Crippen LogP contribution in [0.3, 0.4) is 0 Å². The van der Waals surface area contributed by atoms with E-state index < -0.39 is 17.5 Å². The largest absolute Gasteiger partial charge is 0.449 e. The Morgan fingerprint density at radius 2 is 1.73 bits per heavy atom. The number of amides is 2. The van der Waals surface area contributed by atoms with Gasteiger partial charge in [-0.1, -0.05) is 51.1 Å². The number of anilines is 1. The lowest BCUT2D eigenvalue weighted by Crippen LogP contribution is -2.37. The fraction of sp³-hybridized carbons (Fsp3) is 0.435. The zero-order valence-electron chi connectivity index (χ0n) is 18.7. The van der Waals surface area contributed by atoms with E-state index in [1.165, 1.54) is 16.2 Å². The number of hydrogen-bond donors (Lipinski definition) is 1. The summed E-state index contributed by atoms with van der Waals surface area (Å²) in [7, 11) is 1.68. The van der Waals surface area contributed by atoms with Gasteiger partial charge in [0.2, 0.25) is 5.91 Å². The van der Waals surface area contributed by atoms with Crippen LogP contribution in [-0.4, -0.2) is 35.8 Å². The molecule has 0 bridgehead atoms. The van der Waals surface area contributed by atoms with E-state index in [1.807, 2.05) is 44.2 Å². The first-order valence-electron chi connectivity index (χ1n) is 9.83. The van der Waals surface area contributed by atoms with Gasteiger partial charge < -0.3 is 15.0 Å². The van der Waals surface area contributed by atoms with E-state index in [9.17, 15) is 14.4 Å². The number of likely N-dealkylation sites (N-methyl/N-ethyl adjacent to an activating group) is 1. The first-order chi connectivity index (χ1) is 13.9. The highest BCUT2D eigenvalue weighted by atomic mass is 32.1. The number of nitrogens with zero attached hydrogens (tertiary/aromatic N) is 1. The molecular weight excluding hydrogens is 400 g/mol. The second kappa shape index (κ2) is 9.43. The van der Waals surface area contributed by atoms with E-state index in [1.54, 1.807) is 34.7 Å². The number of carbonyl (C=O) groups excluding carboxylic acids is 3. The molecule has 0 saturated carbocycles. The second-order valence-corrected chi connectivity index (χ2v) is 9.64. The molecule has 7 heteroatoms. The Labute approximate surface area is 182 Å². The molecule has 0 saturated heterocycles. The summed E-state index contributed by atoms with van der Waals surface area (Å²) in [6.07, 6.45) is -0.947. The molecule has 0 aliphatic rings. The van der Waals surface area contributed by atoms with Crippen molar-refractivity contribution in [3.63, 3.8) is 0 Å². The second-order valence-electron chi connectivity index (χ2n) is 8.42. The third kappa shape index (κ3) is 5.69. The van der Waals surface area contributed by atoms with Crippen molar-refractivity contribution in [2.24, 2.45) is 5.41 Å². The van der Waals surface area contributed by atoms with Crippen LogP contribution >= 0.6 is 11.3 Å². The van der Waals surface area contributed by atoms with Crippen LogP contribution in [-0.2, 0) is 20.9 Å². The minimum Gasteiger partial charge on any atom is -0.449 e. The number of aryl methyl sites for hydroxylation is 1. The maximum atomic E-state index is 12.9. The summed E-state index contributed by atoms with van der Waals surface area (Å²) in [4.78, 5) is 40.4. The van der Waals surface area contributed by atoms with Gasteiger partial charge in [0.05, 0.1) is 5.56 Å². The van der Waals surface area contributed by atoms with Gasteiger partial charge in [0.15, 0.2) is 6.10 Å². The molecule has 6 nitrogen and oxygen atoms in total. The Morgan fingerprint density at radius 1 is 1.13 bits per heavy atom. The van der Waals surface area contributed by atoms with Crippen molar-refractivity contribution in [2.45, 2.75) is 54.2 Å². The molecule has 2 amide bonds. The lowest BCUT2D eigenvalue weighted by atomic mass is 9.96. The van der Waals surface area contributed by atoms with Crippen LogP contribution in [0.25, 0.3) is 0 Å². The summed E-state index contributed by atoms with van der Waals surface area (Å²) in [6.45, 7) is 11.1. The van der Waals surface area contributed by atoms with Gasteiger partial charge in [-0.2, -0.15) is 0 Å². The van der Waals surface area contributed by atoms with Crippen molar-refractivity contribution in [3.05, 3.63) is 51.9 Å². The number of thiophene rings is 1. The van der Waals surface area contributed by atoms with Crippen molar-refractivity contribution < 1.29 is 19.1 Å². The summed E-state index contributed by atoms with van der Waals surface area (Å²) in [6, 6.07) is 9.60. The van der Waals surface area contributed by atoms with Gasteiger partial charge in [-0.15, -0.1) is 11.3 Å². The third-order valence-electron chi connectivity index (χ3n) is 4.77. The molecule has 1 aromatic heterocycles. The van der Waals surface area contributed by atoms with Gasteiger partial charge in [-0.05, 0) is 31.9 Å². The first kappa shape index (κ1) is 23.6. The van der Waals surface area contributed by atoms with Crippen LogP contribution in [0.15, 0.2) is 30.3 Å². The van der Waals surface area contributed by atoms with Gasteiger partial charge in [0, 0.05) is 23.9 Å². The number of nitrogens with one attached hydrogen (secondary N) is 1. The molecule has 0 radical (unpaired) electrons. The van der Waals surface area contributed by atoms with E-state index in [2.05, 4.69) is 5.32 Å². The molecule has 162 valence electrons. The van der Waals surface area contributed by atoms with Crippen molar-refractivity contribution in [1.82, 2.24) is 4.90 Å². The Hall–Kier alpha value is -2.67. The molecule has 0 spiro atoms. The maximum Gasteiger partial charge on any atom is 0.342 e. The summed E-state index contributed by atoms with van der Waals surface area (Å²) < 4.78 is 5.48. The summed E-state index contributed by atoms with van der Waals surface area (Å²) in [5, 5.41) is 3.29. The predicted octanol–water partition coefficient (Wildman–Crippen LogP) is 4.55. The molecule has 1 atom stereocenters. The quantitative estimate of drug-likeness (QED) is 0.682. The topological polar surface area (TPSA) is 75.7 Å². The lowest BCUT2D eigenvalue weighted by molar-refractivity contribution is -0.139. The SMILES string of the molecule is Cc1sc(NC(=O)C(C)(C)C)c(C(=O)OC(C)C(=O)N(C)Cc2ccccc2)c1C.